The van der Waals surface area contributed by atoms with E-state index in [0.717, 1.165) is 26.7 Å². The molecule has 156 valence electrons. The number of aryl methyl sites for hydroxylation is 2. The molecule has 1 amide bonds. The zero-order chi connectivity index (χ0) is 21.4. The van der Waals surface area contributed by atoms with Crippen LogP contribution in [0.1, 0.15) is 43.0 Å². The highest BCUT2D eigenvalue weighted by Crippen LogP contribution is 2.39. The van der Waals surface area contributed by atoms with Crippen molar-refractivity contribution in [3.8, 4) is 5.75 Å². The number of sulfonamides is 1. The van der Waals surface area contributed by atoms with Crippen LogP contribution in [0.15, 0.2) is 47.4 Å². The first-order valence-corrected chi connectivity index (χ1v) is 11.0. The first-order chi connectivity index (χ1) is 13.5. The van der Waals surface area contributed by atoms with Crippen molar-refractivity contribution in [2.75, 3.05) is 13.6 Å². The largest absolute Gasteiger partial charge is 0.487 e. The summed E-state index contributed by atoms with van der Waals surface area (Å²) in [4.78, 5) is 12.9. The standard InChI is InChI=1S/C22H28N2O4S/c1-15-6-9-17(10-7-15)29(26,27)24(5)14-21(25)23-19-13-22(3,4)28-20-11-8-16(2)12-18(19)20/h6-12,19H,13-14H2,1-5H3,(H,23,25)/t19-/m1/s1. The lowest BCUT2D eigenvalue weighted by Gasteiger charge is -2.38. The van der Waals surface area contributed by atoms with E-state index in [1.54, 1.807) is 24.3 Å². The van der Waals surface area contributed by atoms with Crippen molar-refractivity contribution in [3.63, 3.8) is 0 Å². The zero-order valence-corrected chi connectivity index (χ0v) is 18.3. The maximum atomic E-state index is 12.7. The number of likely N-dealkylation sites (N-methyl/N-ethyl adjacent to an activating group) is 1. The molecule has 6 nitrogen and oxygen atoms in total. The monoisotopic (exact) mass is 416 g/mol. The Morgan fingerprint density at radius 1 is 1.14 bits per heavy atom. The summed E-state index contributed by atoms with van der Waals surface area (Å²) in [6.07, 6.45) is 0.601. The number of rotatable bonds is 5. The molecule has 0 aliphatic carbocycles. The number of fused-ring (bicyclic) bond motifs is 1. The highest BCUT2D eigenvalue weighted by molar-refractivity contribution is 7.89. The Morgan fingerprint density at radius 2 is 1.76 bits per heavy atom. The molecule has 0 saturated heterocycles. The molecule has 2 aromatic carbocycles. The molecule has 0 fully saturated rings. The molecule has 0 spiro atoms. The minimum absolute atomic E-state index is 0.173. The predicted octanol–water partition coefficient (Wildman–Crippen LogP) is 3.34. The quantitative estimate of drug-likeness (QED) is 0.811. The lowest BCUT2D eigenvalue weighted by atomic mass is 9.89. The summed E-state index contributed by atoms with van der Waals surface area (Å²) in [5.74, 6) is 0.399. The molecule has 1 heterocycles. The van der Waals surface area contributed by atoms with Crippen LogP contribution in [0.3, 0.4) is 0 Å². The van der Waals surface area contributed by atoms with Crippen molar-refractivity contribution < 1.29 is 17.9 Å². The molecule has 1 aliphatic heterocycles. The van der Waals surface area contributed by atoms with Gasteiger partial charge in [-0.05, 0) is 45.9 Å². The van der Waals surface area contributed by atoms with Crippen molar-refractivity contribution >= 4 is 15.9 Å². The second-order valence-corrected chi connectivity index (χ2v) is 10.3. The van der Waals surface area contributed by atoms with E-state index in [-0.39, 0.29) is 23.4 Å². The maximum absolute atomic E-state index is 12.7. The van der Waals surface area contributed by atoms with Gasteiger partial charge in [-0.2, -0.15) is 4.31 Å². The molecule has 2 aromatic rings. The summed E-state index contributed by atoms with van der Waals surface area (Å²) in [5.41, 5.74) is 2.53. The van der Waals surface area contributed by atoms with Crippen molar-refractivity contribution in [3.05, 3.63) is 59.2 Å². The van der Waals surface area contributed by atoms with Gasteiger partial charge in [-0.1, -0.05) is 35.4 Å². The van der Waals surface area contributed by atoms with Gasteiger partial charge in [0.15, 0.2) is 0 Å². The molecule has 29 heavy (non-hydrogen) atoms. The van der Waals surface area contributed by atoms with E-state index in [2.05, 4.69) is 5.32 Å². The van der Waals surface area contributed by atoms with Gasteiger partial charge in [-0.25, -0.2) is 8.42 Å². The van der Waals surface area contributed by atoms with Crippen LogP contribution < -0.4 is 10.1 Å². The topological polar surface area (TPSA) is 75.7 Å². The first kappa shape index (κ1) is 21.3. The number of amides is 1. The Labute approximate surface area is 172 Å². The van der Waals surface area contributed by atoms with Crippen LogP contribution in [-0.4, -0.2) is 37.8 Å². The Balaban J connectivity index is 1.75. The molecule has 1 aliphatic rings. The lowest BCUT2D eigenvalue weighted by molar-refractivity contribution is -0.122. The van der Waals surface area contributed by atoms with E-state index in [1.165, 1.54) is 7.05 Å². The van der Waals surface area contributed by atoms with Gasteiger partial charge in [0.05, 0.1) is 17.5 Å². The fraction of sp³-hybridized carbons (Fsp3) is 0.409. The van der Waals surface area contributed by atoms with E-state index in [1.807, 2.05) is 45.9 Å². The SMILES string of the molecule is Cc1ccc(S(=O)(=O)N(C)CC(=O)N[C@@H]2CC(C)(C)Oc3ccc(C)cc32)cc1. The molecule has 1 N–H and O–H groups in total. The number of hydrogen-bond donors (Lipinski definition) is 1. The molecule has 0 radical (unpaired) electrons. The van der Waals surface area contributed by atoms with E-state index >= 15 is 0 Å². The van der Waals surface area contributed by atoms with Crippen LogP contribution in [0, 0.1) is 13.8 Å². The van der Waals surface area contributed by atoms with Crippen LogP contribution in [0.5, 0.6) is 5.75 Å². The van der Waals surface area contributed by atoms with Crippen molar-refractivity contribution in [1.29, 1.82) is 0 Å². The molecule has 0 bridgehead atoms. The second-order valence-electron chi connectivity index (χ2n) is 8.30. The van der Waals surface area contributed by atoms with Gasteiger partial charge < -0.3 is 10.1 Å². The normalized spacial score (nSPS) is 18.1. The molecular weight excluding hydrogens is 388 g/mol. The summed E-state index contributed by atoms with van der Waals surface area (Å²) in [5, 5.41) is 3.00. The number of nitrogens with one attached hydrogen (secondary N) is 1. The molecule has 0 saturated carbocycles. The van der Waals surface area contributed by atoms with Crippen molar-refractivity contribution in [1.82, 2.24) is 9.62 Å². The average Bonchev–Trinajstić information content (AvgIpc) is 2.62. The van der Waals surface area contributed by atoms with Crippen LogP contribution in [0.2, 0.25) is 0 Å². The minimum Gasteiger partial charge on any atom is -0.487 e. The minimum atomic E-state index is -3.73. The average molecular weight is 417 g/mol. The predicted molar refractivity (Wildman–Crippen MR) is 112 cm³/mol. The number of benzene rings is 2. The molecule has 7 heteroatoms. The maximum Gasteiger partial charge on any atom is 0.243 e. The van der Waals surface area contributed by atoms with Crippen molar-refractivity contribution in [2.45, 2.75) is 50.7 Å². The van der Waals surface area contributed by atoms with Crippen molar-refractivity contribution in [2.24, 2.45) is 0 Å². The Hall–Kier alpha value is -2.38. The fourth-order valence-corrected chi connectivity index (χ4v) is 4.65. The summed E-state index contributed by atoms with van der Waals surface area (Å²) in [6, 6.07) is 12.2. The Kier molecular flexibility index (Phi) is 5.74. The first-order valence-electron chi connectivity index (χ1n) is 9.60. The Morgan fingerprint density at radius 3 is 2.41 bits per heavy atom. The van der Waals surface area contributed by atoms with Crippen LogP contribution in [-0.2, 0) is 14.8 Å². The van der Waals surface area contributed by atoms with E-state index in [9.17, 15) is 13.2 Å². The molecule has 1 atom stereocenters. The van der Waals surface area contributed by atoms with Gasteiger partial charge in [0, 0.05) is 19.0 Å². The lowest BCUT2D eigenvalue weighted by Crippen LogP contribution is -2.44. The van der Waals surface area contributed by atoms with E-state index in [0.29, 0.717) is 6.42 Å². The fourth-order valence-electron chi connectivity index (χ4n) is 3.52. The number of nitrogens with zero attached hydrogens (tertiary/aromatic N) is 1. The molecule has 3 rings (SSSR count). The van der Waals surface area contributed by atoms with Gasteiger partial charge in [-0.15, -0.1) is 0 Å². The third-order valence-corrected chi connectivity index (χ3v) is 6.87. The third-order valence-electron chi connectivity index (χ3n) is 5.05. The number of carbonyl (C=O) groups is 1. The van der Waals surface area contributed by atoms with Gasteiger partial charge in [-0.3, -0.25) is 4.79 Å². The number of hydrogen-bond acceptors (Lipinski definition) is 4. The summed E-state index contributed by atoms with van der Waals surface area (Å²) in [7, 11) is -2.32. The van der Waals surface area contributed by atoms with Crippen LogP contribution in [0.25, 0.3) is 0 Å². The highest BCUT2D eigenvalue weighted by Gasteiger charge is 2.35. The van der Waals surface area contributed by atoms with Gasteiger partial charge >= 0.3 is 0 Å². The van der Waals surface area contributed by atoms with Gasteiger partial charge in [0.2, 0.25) is 15.9 Å². The van der Waals surface area contributed by atoms with E-state index in [4.69, 9.17) is 4.74 Å². The van der Waals surface area contributed by atoms with E-state index < -0.39 is 15.6 Å². The third kappa shape index (κ3) is 4.79. The number of carbonyl (C=O) groups excluding carboxylic acids is 1. The van der Waals surface area contributed by atoms with Crippen LogP contribution in [0.4, 0.5) is 0 Å². The molecule has 0 aromatic heterocycles. The number of ether oxygens (including phenoxy) is 1. The summed E-state index contributed by atoms with van der Waals surface area (Å²) >= 11 is 0. The van der Waals surface area contributed by atoms with Gasteiger partial charge in [0.1, 0.15) is 11.4 Å². The van der Waals surface area contributed by atoms with Gasteiger partial charge in [0.25, 0.3) is 0 Å². The summed E-state index contributed by atoms with van der Waals surface area (Å²) in [6.45, 7) is 7.57. The second kappa shape index (κ2) is 7.80. The molecule has 0 unspecified atom stereocenters. The zero-order valence-electron chi connectivity index (χ0n) is 17.5. The smallest absolute Gasteiger partial charge is 0.243 e. The van der Waals surface area contributed by atoms with Crippen LogP contribution >= 0.6 is 0 Å². The summed E-state index contributed by atoms with van der Waals surface area (Å²) < 4.78 is 32.6. The molecular formula is C22H28N2O4S. The highest BCUT2D eigenvalue weighted by atomic mass is 32.2. The Bertz CT molecular complexity index is 1010.